The first-order chi connectivity index (χ1) is 14.4. The fourth-order valence-electron chi connectivity index (χ4n) is 3.60. The number of furan rings is 1. The summed E-state index contributed by atoms with van der Waals surface area (Å²) < 4.78 is 10.7. The van der Waals surface area contributed by atoms with E-state index in [2.05, 4.69) is 0 Å². The van der Waals surface area contributed by atoms with Gasteiger partial charge in [0.2, 0.25) is 0 Å². The van der Waals surface area contributed by atoms with Gasteiger partial charge in [0.25, 0.3) is 11.7 Å². The minimum absolute atomic E-state index is 0.0700. The fourth-order valence-corrected chi connectivity index (χ4v) is 3.86. The average Bonchev–Trinajstić information content (AvgIpc) is 3.35. The molecule has 30 heavy (non-hydrogen) atoms. The maximum Gasteiger partial charge on any atom is 0.300 e. The number of amides is 1. The first kappa shape index (κ1) is 19.8. The Bertz CT molecular complexity index is 1170. The number of methoxy groups -OCH3 is 1. The summed E-state index contributed by atoms with van der Waals surface area (Å²) in [6, 6.07) is 14.3. The summed E-state index contributed by atoms with van der Waals surface area (Å²) in [7, 11) is 1.48. The lowest BCUT2D eigenvalue weighted by Crippen LogP contribution is -2.29. The second-order valence-corrected chi connectivity index (χ2v) is 7.23. The van der Waals surface area contributed by atoms with Crippen molar-refractivity contribution in [3.05, 3.63) is 88.3 Å². The third kappa shape index (κ3) is 3.15. The van der Waals surface area contributed by atoms with E-state index in [9.17, 15) is 14.7 Å². The van der Waals surface area contributed by atoms with Gasteiger partial charge in [-0.1, -0.05) is 29.8 Å². The SMILES string of the molecule is COc1ccc(/C(O)=C2/C(=O)C(=O)N(c3ccccc3C)C2c2ccco2)cc1Cl. The molecule has 1 aliphatic heterocycles. The molecule has 1 atom stereocenters. The molecule has 3 aromatic rings. The molecule has 1 amide bonds. The molecule has 7 heteroatoms. The number of anilines is 1. The standard InChI is InChI=1S/C23H18ClNO5/c1-13-6-3-4-7-16(13)25-20(18-8-5-11-30-18)19(22(27)23(25)28)21(26)14-9-10-17(29-2)15(24)12-14/h3-12,20,26H,1-2H3/b21-19-. The van der Waals surface area contributed by atoms with E-state index in [1.807, 2.05) is 19.1 Å². The number of ether oxygens (including phenoxy) is 1. The number of para-hydroxylation sites is 1. The molecule has 1 aliphatic rings. The van der Waals surface area contributed by atoms with Crippen LogP contribution in [-0.4, -0.2) is 23.9 Å². The van der Waals surface area contributed by atoms with Crippen molar-refractivity contribution < 1.29 is 23.8 Å². The molecule has 0 bridgehead atoms. The third-order valence-electron chi connectivity index (χ3n) is 5.06. The number of halogens is 1. The van der Waals surface area contributed by atoms with E-state index in [4.69, 9.17) is 20.8 Å². The van der Waals surface area contributed by atoms with Crippen LogP contribution < -0.4 is 9.64 Å². The number of aliphatic hydroxyl groups excluding tert-OH is 1. The van der Waals surface area contributed by atoms with E-state index >= 15 is 0 Å². The quantitative estimate of drug-likeness (QED) is 0.367. The van der Waals surface area contributed by atoms with Crippen molar-refractivity contribution in [3.8, 4) is 5.75 Å². The molecule has 6 nitrogen and oxygen atoms in total. The smallest absolute Gasteiger partial charge is 0.300 e. The summed E-state index contributed by atoms with van der Waals surface area (Å²) in [4.78, 5) is 27.4. The molecular formula is C23H18ClNO5. The Kier molecular flexibility index (Phi) is 5.10. The molecule has 0 aliphatic carbocycles. The predicted octanol–water partition coefficient (Wildman–Crippen LogP) is 4.88. The monoisotopic (exact) mass is 423 g/mol. The zero-order chi connectivity index (χ0) is 21.4. The van der Waals surface area contributed by atoms with Crippen LogP contribution >= 0.6 is 11.6 Å². The summed E-state index contributed by atoms with van der Waals surface area (Å²) in [5.41, 5.74) is 1.59. The van der Waals surface area contributed by atoms with Gasteiger partial charge in [-0.05, 0) is 48.9 Å². The summed E-state index contributed by atoms with van der Waals surface area (Å²) >= 11 is 6.19. The van der Waals surface area contributed by atoms with E-state index in [1.54, 1.807) is 36.4 Å². The number of nitrogens with zero attached hydrogens (tertiary/aromatic N) is 1. The number of Topliss-reactive ketones (excluding diaryl/α,β-unsaturated/α-hetero) is 1. The maximum absolute atomic E-state index is 13.0. The van der Waals surface area contributed by atoms with Crippen LogP contribution in [0.4, 0.5) is 5.69 Å². The molecule has 0 saturated carbocycles. The lowest BCUT2D eigenvalue weighted by atomic mass is 9.99. The second-order valence-electron chi connectivity index (χ2n) is 6.82. The molecular weight excluding hydrogens is 406 g/mol. The Morgan fingerprint density at radius 3 is 2.53 bits per heavy atom. The minimum atomic E-state index is -0.915. The lowest BCUT2D eigenvalue weighted by Gasteiger charge is -2.24. The van der Waals surface area contributed by atoms with Crippen LogP contribution in [0.5, 0.6) is 5.75 Å². The van der Waals surface area contributed by atoms with Crippen LogP contribution in [-0.2, 0) is 9.59 Å². The van der Waals surface area contributed by atoms with E-state index < -0.39 is 17.7 Å². The lowest BCUT2D eigenvalue weighted by molar-refractivity contribution is -0.132. The summed E-state index contributed by atoms with van der Waals surface area (Å²) in [5, 5.41) is 11.3. The van der Waals surface area contributed by atoms with Crippen LogP contribution in [0.3, 0.4) is 0 Å². The molecule has 2 heterocycles. The minimum Gasteiger partial charge on any atom is -0.507 e. The number of carbonyl (C=O) groups is 2. The Morgan fingerprint density at radius 1 is 1.13 bits per heavy atom. The maximum atomic E-state index is 13.0. The van der Waals surface area contributed by atoms with Crippen molar-refractivity contribution in [1.29, 1.82) is 0 Å². The van der Waals surface area contributed by atoms with Crippen LogP contribution in [0.1, 0.15) is 22.9 Å². The highest BCUT2D eigenvalue weighted by Gasteiger charge is 2.48. The number of ketones is 1. The Morgan fingerprint density at radius 2 is 1.90 bits per heavy atom. The second kappa shape index (κ2) is 7.72. The van der Waals surface area contributed by atoms with Gasteiger partial charge in [-0.2, -0.15) is 0 Å². The van der Waals surface area contributed by atoms with E-state index in [1.165, 1.54) is 24.3 Å². The Balaban J connectivity index is 1.93. The average molecular weight is 424 g/mol. The van der Waals surface area contributed by atoms with Crippen LogP contribution in [0, 0.1) is 6.92 Å². The van der Waals surface area contributed by atoms with Crippen molar-refractivity contribution in [2.24, 2.45) is 0 Å². The van der Waals surface area contributed by atoms with E-state index in [0.29, 0.717) is 22.8 Å². The van der Waals surface area contributed by atoms with Gasteiger partial charge in [0.1, 0.15) is 23.3 Å². The van der Waals surface area contributed by atoms with Gasteiger partial charge >= 0.3 is 0 Å². The molecule has 1 fully saturated rings. The number of aryl methyl sites for hydroxylation is 1. The van der Waals surface area contributed by atoms with E-state index in [-0.39, 0.29) is 16.4 Å². The van der Waals surface area contributed by atoms with Crippen molar-refractivity contribution in [1.82, 2.24) is 0 Å². The highest BCUT2D eigenvalue weighted by molar-refractivity contribution is 6.51. The van der Waals surface area contributed by atoms with Crippen molar-refractivity contribution >= 4 is 34.7 Å². The van der Waals surface area contributed by atoms with Gasteiger partial charge in [0.05, 0.1) is 24.0 Å². The molecule has 4 rings (SSSR count). The Labute approximate surface area is 177 Å². The highest BCUT2D eigenvalue weighted by atomic mass is 35.5. The summed E-state index contributed by atoms with van der Waals surface area (Å²) in [6.07, 6.45) is 1.46. The molecule has 1 N–H and O–H groups in total. The van der Waals surface area contributed by atoms with Gasteiger partial charge in [0, 0.05) is 11.3 Å². The number of hydrogen-bond acceptors (Lipinski definition) is 5. The van der Waals surface area contributed by atoms with E-state index in [0.717, 1.165) is 5.56 Å². The normalized spacial score (nSPS) is 18.1. The molecule has 1 aromatic heterocycles. The van der Waals surface area contributed by atoms with Crippen LogP contribution in [0.15, 0.2) is 70.9 Å². The summed E-state index contributed by atoms with van der Waals surface area (Å²) in [5.74, 6) is -1.10. The number of carbonyl (C=O) groups excluding carboxylic acids is 2. The van der Waals surface area contributed by atoms with Crippen LogP contribution in [0.2, 0.25) is 5.02 Å². The zero-order valence-corrected chi connectivity index (χ0v) is 17.0. The van der Waals surface area contributed by atoms with Gasteiger partial charge < -0.3 is 14.3 Å². The number of hydrogen-bond donors (Lipinski definition) is 1. The van der Waals surface area contributed by atoms with Gasteiger partial charge in [0.15, 0.2) is 0 Å². The predicted molar refractivity (Wildman–Crippen MR) is 113 cm³/mol. The largest absolute Gasteiger partial charge is 0.507 e. The van der Waals surface area contributed by atoms with Crippen molar-refractivity contribution in [2.75, 3.05) is 12.0 Å². The van der Waals surface area contributed by atoms with Gasteiger partial charge in [-0.25, -0.2) is 0 Å². The van der Waals surface area contributed by atoms with Crippen LogP contribution in [0.25, 0.3) is 5.76 Å². The first-order valence-electron chi connectivity index (χ1n) is 9.18. The zero-order valence-electron chi connectivity index (χ0n) is 16.3. The van der Waals surface area contributed by atoms with Crippen molar-refractivity contribution in [3.63, 3.8) is 0 Å². The molecule has 152 valence electrons. The number of rotatable bonds is 4. The molecule has 0 spiro atoms. The molecule has 2 aromatic carbocycles. The number of benzene rings is 2. The molecule has 0 radical (unpaired) electrons. The topological polar surface area (TPSA) is 80.0 Å². The fraction of sp³-hybridized carbons (Fsp3) is 0.130. The van der Waals surface area contributed by atoms with Crippen molar-refractivity contribution in [2.45, 2.75) is 13.0 Å². The third-order valence-corrected chi connectivity index (χ3v) is 5.35. The molecule has 1 unspecified atom stereocenters. The van der Waals surface area contributed by atoms with Gasteiger partial charge in [-0.15, -0.1) is 0 Å². The summed E-state index contributed by atoms with van der Waals surface area (Å²) in [6.45, 7) is 1.84. The highest BCUT2D eigenvalue weighted by Crippen LogP contribution is 2.43. The van der Waals surface area contributed by atoms with Gasteiger partial charge in [-0.3, -0.25) is 14.5 Å². The Hall–Kier alpha value is -3.51. The number of aliphatic hydroxyl groups is 1. The first-order valence-corrected chi connectivity index (χ1v) is 9.55. The molecule has 1 saturated heterocycles.